The number of carbonyl (C=O) groups is 1. The number of nitrogens with zero attached hydrogens (tertiary/aromatic N) is 2. The highest BCUT2D eigenvalue weighted by Gasteiger charge is 2.21. The minimum Gasteiger partial charge on any atom is -0.489 e. The van der Waals surface area contributed by atoms with Crippen LogP contribution in [-0.2, 0) is 42.6 Å². The summed E-state index contributed by atoms with van der Waals surface area (Å²) >= 11 is 0. The summed E-state index contributed by atoms with van der Waals surface area (Å²) in [6.45, 7) is 4.76. The van der Waals surface area contributed by atoms with Crippen molar-refractivity contribution in [3.63, 3.8) is 0 Å². The number of esters is 1. The van der Waals surface area contributed by atoms with Crippen LogP contribution in [0.5, 0.6) is 11.5 Å². The van der Waals surface area contributed by atoms with Crippen molar-refractivity contribution in [2.75, 3.05) is 12.4 Å². The zero-order valence-electron chi connectivity index (χ0n) is 27.8. The molecule has 4 aromatic rings. The molecule has 1 unspecified atom stereocenters. The molecule has 2 aromatic heterocycles. The van der Waals surface area contributed by atoms with Crippen molar-refractivity contribution >= 4 is 25.8 Å². The van der Waals surface area contributed by atoms with Gasteiger partial charge in [-0.15, -0.1) is 0 Å². The van der Waals surface area contributed by atoms with Crippen molar-refractivity contribution in [3.8, 4) is 11.5 Å². The minimum absolute atomic E-state index is 0.0548. The number of ether oxygens (including phenoxy) is 3. The minimum atomic E-state index is -4.06. The summed E-state index contributed by atoms with van der Waals surface area (Å²) in [7, 11) is -8.04. The van der Waals surface area contributed by atoms with E-state index in [4.69, 9.17) is 19.3 Å². The van der Waals surface area contributed by atoms with Crippen molar-refractivity contribution in [2.45, 2.75) is 69.2 Å². The van der Waals surface area contributed by atoms with E-state index >= 15 is 0 Å². The number of sulfone groups is 1. The van der Waals surface area contributed by atoms with Crippen LogP contribution >= 0.6 is 0 Å². The summed E-state index contributed by atoms with van der Waals surface area (Å²) in [5.41, 5.74) is 1.73. The number of unbranched alkanes of at least 4 members (excludes halogenated alkanes) is 1. The maximum atomic E-state index is 13.9. The van der Waals surface area contributed by atoms with Crippen LogP contribution in [0.1, 0.15) is 57.1 Å². The largest absolute Gasteiger partial charge is 0.489 e. The molecule has 15 heteroatoms. The first-order valence-electron chi connectivity index (χ1n) is 15.9. The van der Waals surface area contributed by atoms with Crippen molar-refractivity contribution in [1.82, 2.24) is 9.97 Å². The summed E-state index contributed by atoms with van der Waals surface area (Å²) in [5, 5.41) is 3.87. The van der Waals surface area contributed by atoms with E-state index in [1.807, 2.05) is 67.6 Å². The molecule has 50 heavy (non-hydrogen) atoms. The van der Waals surface area contributed by atoms with Crippen LogP contribution in [0, 0.1) is 17.8 Å². The molecular formula is C35H41F2N3O8S2. The Kier molecular flexibility index (Phi) is 15.7. The molecule has 270 valence electrons. The predicted molar refractivity (Wildman–Crippen MR) is 182 cm³/mol. The molecule has 0 aliphatic heterocycles. The maximum Gasteiger partial charge on any atom is 0.306 e. The first-order chi connectivity index (χ1) is 23.8. The summed E-state index contributed by atoms with van der Waals surface area (Å²) in [4.78, 5) is 18.7. The lowest BCUT2D eigenvalue weighted by atomic mass is 10.0. The lowest BCUT2D eigenvalue weighted by molar-refractivity contribution is -0.144. The third kappa shape index (κ3) is 14.2. The van der Waals surface area contributed by atoms with Crippen LogP contribution in [0.3, 0.4) is 0 Å². The average molecular weight is 734 g/mol. The van der Waals surface area contributed by atoms with E-state index in [9.17, 15) is 30.4 Å². The second-order valence-corrected chi connectivity index (χ2v) is 14.8. The first-order valence-corrected chi connectivity index (χ1v) is 19.1. The van der Waals surface area contributed by atoms with Gasteiger partial charge >= 0.3 is 5.97 Å². The second kappa shape index (κ2) is 19.6. The summed E-state index contributed by atoms with van der Waals surface area (Å²) in [6, 6.07) is 22.7. The number of hydrogen-bond donors (Lipinski definition) is 1. The Bertz CT molecular complexity index is 1880. The van der Waals surface area contributed by atoms with Crippen molar-refractivity contribution in [2.24, 2.45) is 11.1 Å². The van der Waals surface area contributed by atoms with Gasteiger partial charge in [0.05, 0.1) is 18.8 Å². The Hall–Kier alpha value is -4.47. The number of halogens is 2. The Balaban J connectivity index is 0.000000303. The highest BCUT2D eigenvalue weighted by molar-refractivity contribution is 7.91. The highest BCUT2D eigenvalue weighted by Crippen LogP contribution is 2.21. The Labute approximate surface area is 291 Å². The van der Waals surface area contributed by atoms with Gasteiger partial charge in [0, 0.05) is 24.3 Å². The molecule has 0 amide bonds. The Morgan fingerprint density at radius 1 is 0.780 bits per heavy atom. The number of sulfonamides is 1. The van der Waals surface area contributed by atoms with Crippen molar-refractivity contribution in [1.29, 1.82) is 0 Å². The lowest BCUT2D eigenvalue weighted by Crippen LogP contribution is -2.18. The molecule has 0 spiro atoms. The van der Waals surface area contributed by atoms with E-state index in [1.165, 1.54) is 6.07 Å². The smallest absolute Gasteiger partial charge is 0.306 e. The van der Waals surface area contributed by atoms with Crippen molar-refractivity contribution < 1.29 is 44.6 Å². The van der Waals surface area contributed by atoms with E-state index in [0.29, 0.717) is 0 Å². The van der Waals surface area contributed by atoms with Gasteiger partial charge < -0.3 is 14.2 Å². The first kappa shape index (κ1) is 40.0. The predicted octanol–water partition coefficient (Wildman–Crippen LogP) is 6.17. The van der Waals surface area contributed by atoms with E-state index in [1.54, 1.807) is 0 Å². The molecule has 2 N–H and O–H groups in total. The zero-order valence-corrected chi connectivity index (χ0v) is 29.5. The van der Waals surface area contributed by atoms with Crippen molar-refractivity contribution in [3.05, 3.63) is 108 Å². The molecule has 1 atom stereocenters. The summed E-state index contributed by atoms with van der Waals surface area (Å²) in [5.74, 6) is -2.64. The monoisotopic (exact) mass is 733 g/mol. The number of carbonyl (C=O) groups excluding carboxylic acids is 1. The number of hydrogen-bond acceptors (Lipinski definition) is 10. The van der Waals surface area contributed by atoms with Crippen LogP contribution in [0.25, 0.3) is 0 Å². The quantitative estimate of drug-likeness (QED) is 0.0980. The van der Waals surface area contributed by atoms with Crippen LogP contribution < -0.4 is 14.6 Å². The van der Waals surface area contributed by atoms with Gasteiger partial charge in [-0.2, -0.15) is 8.78 Å². The molecule has 0 aliphatic rings. The van der Waals surface area contributed by atoms with Gasteiger partial charge in [-0.3, -0.25) is 4.79 Å². The van der Waals surface area contributed by atoms with Gasteiger partial charge in [-0.1, -0.05) is 93.8 Å². The van der Waals surface area contributed by atoms with Gasteiger partial charge in [0.15, 0.2) is 19.9 Å². The van der Waals surface area contributed by atoms with E-state index in [-0.39, 0.29) is 43.7 Å². The van der Waals surface area contributed by atoms with Gasteiger partial charge in [0.1, 0.15) is 24.7 Å². The average Bonchev–Trinajstić information content (AvgIpc) is 3.09. The lowest BCUT2D eigenvalue weighted by Gasteiger charge is -2.14. The zero-order chi connectivity index (χ0) is 36.6. The molecule has 4 rings (SSSR count). The number of aromatic nitrogens is 2. The SMILES string of the molecule is CCCCC(CC)COC(=O)CCS(=O)(=O)c1cc(OCc2ccccc2)cc(F)n1.NS(=O)(=O)c1cc(OCc2ccccc2)cc(F)n1. The molecule has 0 bridgehead atoms. The Morgan fingerprint density at radius 3 is 1.76 bits per heavy atom. The van der Waals surface area contributed by atoms with Gasteiger partial charge in [0.25, 0.3) is 10.0 Å². The normalized spacial score (nSPS) is 11.9. The fourth-order valence-electron chi connectivity index (χ4n) is 4.36. The van der Waals surface area contributed by atoms with E-state index < -0.39 is 53.5 Å². The Morgan fingerprint density at radius 2 is 1.28 bits per heavy atom. The molecule has 0 saturated heterocycles. The maximum absolute atomic E-state index is 13.9. The molecule has 0 saturated carbocycles. The number of rotatable bonds is 17. The third-order valence-electron chi connectivity index (χ3n) is 7.19. The topological polar surface area (TPSA) is 165 Å². The number of benzene rings is 2. The van der Waals surface area contributed by atoms with Crippen LogP contribution in [0.4, 0.5) is 8.78 Å². The van der Waals surface area contributed by atoms with Gasteiger partial charge in [0.2, 0.25) is 11.9 Å². The number of pyridine rings is 2. The molecular weight excluding hydrogens is 693 g/mol. The molecule has 0 radical (unpaired) electrons. The summed E-state index contributed by atoms with van der Waals surface area (Å²) in [6.07, 6.45) is 3.68. The molecule has 11 nitrogen and oxygen atoms in total. The highest BCUT2D eigenvalue weighted by atomic mass is 32.2. The second-order valence-electron chi connectivity index (χ2n) is 11.2. The number of nitrogens with two attached hydrogens (primary N) is 1. The van der Waals surface area contributed by atoms with E-state index in [2.05, 4.69) is 16.9 Å². The van der Waals surface area contributed by atoms with Gasteiger partial charge in [-0.25, -0.2) is 31.9 Å². The van der Waals surface area contributed by atoms with Crippen LogP contribution in [0.15, 0.2) is 95.0 Å². The molecule has 2 aromatic carbocycles. The fraction of sp³-hybridized carbons (Fsp3) is 0.343. The van der Waals surface area contributed by atoms with Gasteiger partial charge in [-0.05, 0) is 23.5 Å². The standard InChI is InChI=1S/C23H30FNO5S.C12H11FN2O3S/c1-3-5-9-18(4-2)16-30-23(26)12-13-31(27,28)22-15-20(14-21(24)25-22)29-17-19-10-7-6-8-11-19;13-11-6-10(7-12(15-11)19(14,16)17)18-8-9-4-2-1-3-5-9/h6-8,10-11,14-15,18H,3-5,9,12-13,16-17H2,1-2H3;1-7H,8H2,(H2,14,16,17). The molecule has 0 aliphatic carbocycles. The van der Waals surface area contributed by atoms with E-state index in [0.717, 1.165) is 55.0 Å². The molecule has 0 fully saturated rings. The fourth-order valence-corrected chi connectivity index (χ4v) is 6.02. The molecule has 2 heterocycles. The number of primary sulfonamides is 1. The van der Waals surface area contributed by atoms with Crippen LogP contribution in [0.2, 0.25) is 0 Å². The van der Waals surface area contributed by atoms with Crippen LogP contribution in [-0.4, -0.2) is 45.1 Å². The summed E-state index contributed by atoms with van der Waals surface area (Å²) < 4.78 is 90.4. The third-order valence-corrected chi connectivity index (χ3v) is 9.57.